The Morgan fingerprint density at radius 2 is 0.657 bits per heavy atom. The monoisotopic (exact) mass is 938 g/mol. The Morgan fingerprint density at radius 1 is 0.314 bits per heavy atom. The highest BCUT2D eigenvalue weighted by Gasteiger charge is 2.37. The molecule has 70 heavy (non-hydrogen) atoms. The molecule has 0 bridgehead atoms. The van der Waals surface area contributed by atoms with E-state index in [-0.39, 0.29) is 11.1 Å². The molecule has 10 heteroatoms. The summed E-state index contributed by atoms with van der Waals surface area (Å²) < 4.78 is 11.0. The lowest BCUT2D eigenvalue weighted by atomic mass is 9.80. The molecular weight excluding hydrogens is 909 g/mol. The summed E-state index contributed by atoms with van der Waals surface area (Å²) in [7, 11) is 0. The number of nitrogens with zero attached hydrogens (tertiary/aromatic N) is 2. The smallest absolute Gasteiger partial charge is 0.347 e. The number of cyclic esters (lactones) is 4. The number of rotatable bonds is 4. The van der Waals surface area contributed by atoms with Crippen molar-refractivity contribution < 1.29 is 28.7 Å². The molecule has 4 aliphatic heterocycles. The van der Waals surface area contributed by atoms with E-state index >= 15 is 0 Å². The molecule has 4 aliphatic rings. The van der Waals surface area contributed by atoms with Gasteiger partial charge in [0, 0.05) is 41.7 Å². The number of carbonyl (C=O) groups excluding carboxylic acids is 4. The fourth-order valence-corrected chi connectivity index (χ4v) is 13.3. The van der Waals surface area contributed by atoms with Crippen LogP contribution in [0.25, 0.3) is 65.3 Å². The van der Waals surface area contributed by atoms with E-state index in [1.54, 1.807) is 35.7 Å². The minimum atomic E-state index is -0.723. The zero-order chi connectivity index (χ0) is 46.5. The average Bonchev–Trinajstić information content (AvgIpc) is 3.39. The Hall–Kier alpha value is -8.70. The Balaban J connectivity index is 0.944. The van der Waals surface area contributed by atoms with E-state index in [0.29, 0.717) is 33.0 Å². The number of para-hydroxylation sites is 4. The third-order valence-electron chi connectivity index (χ3n) is 14.1. The molecule has 0 atom stereocenters. The molecule has 0 N–H and O–H groups in total. The quantitative estimate of drug-likeness (QED) is 0.0735. The second kappa shape index (κ2) is 14.4. The van der Waals surface area contributed by atoms with Crippen LogP contribution in [0.1, 0.15) is 41.4 Å². The molecule has 328 valence electrons. The molecule has 0 unspecified atom stereocenters. The lowest BCUT2D eigenvalue weighted by Crippen LogP contribution is -2.21. The second-order valence-corrected chi connectivity index (χ2v) is 19.9. The molecule has 0 saturated heterocycles. The fourth-order valence-electron chi connectivity index (χ4n) is 11.2. The van der Waals surface area contributed by atoms with Crippen molar-refractivity contribution in [2.75, 3.05) is 9.80 Å². The van der Waals surface area contributed by atoms with E-state index in [4.69, 9.17) is 9.47 Å². The largest absolute Gasteiger partial charge is 0.386 e. The molecule has 0 aliphatic carbocycles. The Morgan fingerprint density at radius 3 is 1.01 bits per heavy atom. The number of carbonyl (C=O) groups is 4. The standard InChI is InChI=1S/C60H30N2O6S2/c63-57-37-27-26-36-42-30-40(32-19-23-34(24-20-32)62-45-11-3-7-15-49(45)70-50-16-8-4-12-46(50)62)56-54-38(58(64)68-60(56)66)28-25-35(52(42)54)41-29-39(55(59(65)67-57)53(37)51(36)41)31-17-21-33(22-18-31)61-43-9-1-5-13-47(43)69-48-14-6-2-10-44(48)61/h1-30H. The maximum atomic E-state index is 14.2. The zero-order valence-electron chi connectivity index (χ0n) is 36.5. The molecule has 0 fully saturated rings. The van der Waals surface area contributed by atoms with Crippen LogP contribution in [0.3, 0.4) is 0 Å². The molecule has 11 aromatic carbocycles. The van der Waals surface area contributed by atoms with Gasteiger partial charge in [0.15, 0.2) is 0 Å². The van der Waals surface area contributed by atoms with Crippen LogP contribution in [-0.4, -0.2) is 23.9 Å². The Labute approximate surface area is 407 Å². The average molecular weight is 939 g/mol. The molecule has 0 aromatic heterocycles. The summed E-state index contributed by atoms with van der Waals surface area (Å²) in [6.45, 7) is 0. The van der Waals surface area contributed by atoms with Crippen LogP contribution >= 0.6 is 23.5 Å². The van der Waals surface area contributed by atoms with Crippen molar-refractivity contribution in [3.05, 3.63) is 204 Å². The predicted octanol–water partition coefficient (Wildman–Crippen LogP) is 15.6. The minimum Gasteiger partial charge on any atom is -0.386 e. The molecule has 4 heterocycles. The summed E-state index contributed by atoms with van der Waals surface area (Å²) in [6.07, 6.45) is 0. The molecular formula is C60H30N2O6S2. The van der Waals surface area contributed by atoms with Gasteiger partial charge in [0.25, 0.3) is 0 Å². The number of benzene rings is 11. The van der Waals surface area contributed by atoms with Crippen LogP contribution in [-0.2, 0) is 9.47 Å². The van der Waals surface area contributed by atoms with E-state index in [9.17, 15) is 19.2 Å². The van der Waals surface area contributed by atoms with E-state index in [2.05, 4.69) is 58.3 Å². The zero-order valence-corrected chi connectivity index (χ0v) is 38.1. The number of ether oxygens (including phenoxy) is 2. The maximum absolute atomic E-state index is 14.2. The van der Waals surface area contributed by atoms with Crippen molar-refractivity contribution in [1.82, 2.24) is 0 Å². The van der Waals surface area contributed by atoms with Gasteiger partial charge in [-0.05, 0) is 152 Å². The highest BCUT2D eigenvalue weighted by Crippen LogP contribution is 2.55. The van der Waals surface area contributed by atoms with E-state index in [1.165, 1.54) is 0 Å². The lowest BCUT2D eigenvalue weighted by molar-refractivity contribution is 0.0373. The van der Waals surface area contributed by atoms with Gasteiger partial charge in [-0.15, -0.1) is 0 Å². The molecule has 15 rings (SSSR count). The second-order valence-electron chi connectivity index (χ2n) is 17.7. The van der Waals surface area contributed by atoms with Gasteiger partial charge in [-0.3, -0.25) is 0 Å². The molecule has 0 radical (unpaired) electrons. The first kappa shape index (κ1) is 39.3. The first-order valence-corrected chi connectivity index (χ1v) is 24.4. The summed E-state index contributed by atoms with van der Waals surface area (Å²) in [5.74, 6) is -2.88. The number of hydrogen-bond acceptors (Lipinski definition) is 10. The van der Waals surface area contributed by atoms with Crippen molar-refractivity contribution >= 4 is 125 Å². The van der Waals surface area contributed by atoms with Gasteiger partial charge >= 0.3 is 23.9 Å². The van der Waals surface area contributed by atoms with Crippen LogP contribution in [0.5, 0.6) is 0 Å². The van der Waals surface area contributed by atoms with Crippen LogP contribution < -0.4 is 9.80 Å². The van der Waals surface area contributed by atoms with Crippen LogP contribution in [0.4, 0.5) is 34.1 Å². The van der Waals surface area contributed by atoms with Gasteiger partial charge in [-0.25, -0.2) is 19.2 Å². The van der Waals surface area contributed by atoms with Gasteiger partial charge in [-0.2, -0.15) is 0 Å². The number of fused-ring (bicyclic) bond motifs is 6. The lowest BCUT2D eigenvalue weighted by Gasteiger charge is -2.33. The number of hydrogen-bond donors (Lipinski definition) is 0. The van der Waals surface area contributed by atoms with Crippen LogP contribution in [0.2, 0.25) is 0 Å². The molecule has 0 saturated carbocycles. The van der Waals surface area contributed by atoms with Crippen molar-refractivity contribution in [3.63, 3.8) is 0 Å². The molecule has 11 aromatic rings. The summed E-state index contributed by atoms with van der Waals surface area (Å²) in [6, 6.07) is 60.7. The van der Waals surface area contributed by atoms with Gasteiger partial charge < -0.3 is 19.3 Å². The normalized spacial score (nSPS) is 14.5. The highest BCUT2D eigenvalue weighted by molar-refractivity contribution is 8.00. The van der Waals surface area contributed by atoms with Crippen molar-refractivity contribution in [2.45, 2.75) is 19.6 Å². The Bertz CT molecular complexity index is 3860. The van der Waals surface area contributed by atoms with Gasteiger partial charge in [0.1, 0.15) is 0 Å². The number of esters is 4. The van der Waals surface area contributed by atoms with Gasteiger partial charge in [0.05, 0.1) is 45.0 Å². The summed E-state index contributed by atoms with van der Waals surface area (Å²) in [5.41, 5.74) is 10.0. The van der Waals surface area contributed by atoms with E-state index < -0.39 is 23.9 Å². The van der Waals surface area contributed by atoms with Gasteiger partial charge in [-0.1, -0.05) is 108 Å². The van der Waals surface area contributed by atoms with Crippen LogP contribution in [0, 0.1) is 0 Å². The van der Waals surface area contributed by atoms with Crippen molar-refractivity contribution in [1.29, 1.82) is 0 Å². The first-order chi connectivity index (χ1) is 34.4. The first-order valence-electron chi connectivity index (χ1n) is 22.7. The van der Waals surface area contributed by atoms with E-state index in [1.807, 2.05) is 121 Å². The third-order valence-corrected chi connectivity index (χ3v) is 16.4. The van der Waals surface area contributed by atoms with Crippen LogP contribution in [0.15, 0.2) is 202 Å². The molecule has 8 nitrogen and oxygen atoms in total. The predicted molar refractivity (Wildman–Crippen MR) is 276 cm³/mol. The summed E-state index contributed by atoms with van der Waals surface area (Å²) >= 11 is 3.48. The topological polar surface area (TPSA) is 93.2 Å². The summed E-state index contributed by atoms with van der Waals surface area (Å²) in [4.78, 5) is 64.9. The molecule has 0 amide bonds. The van der Waals surface area contributed by atoms with Crippen molar-refractivity contribution in [3.8, 4) is 22.3 Å². The maximum Gasteiger partial charge on any atom is 0.347 e. The summed E-state index contributed by atoms with van der Waals surface area (Å²) in [5, 5.41) is 5.51. The minimum absolute atomic E-state index is 0.287. The number of anilines is 6. The SMILES string of the molecule is O=C1OC(=O)c2c(-c3ccc(N4c5ccccc5Sc5ccccc54)cc3)cc3c4ccc5c6c(c(-c7ccc(N8c9ccccc9Sc9ccccc98)cc7)cc(c7ccc1c2c73)c64)C(=O)OC5=O. The third kappa shape index (κ3) is 5.39. The fraction of sp³-hybridized carbons (Fsp3) is 0. The molecule has 0 spiro atoms. The highest BCUT2D eigenvalue weighted by atomic mass is 32.2. The van der Waals surface area contributed by atoms with Gasteiger partial charge in [0.2, 0.25) is 0 Å². The Kier molecular flexibility index (Phi) is 8.09. The van der Waals surface area contributed by atoms with E-state index in [0.717, 1.165) is 97.2 Å². The van der Waals surface area contributed by atoms with Crippen molar-refractivity contribution in [2.24, 2.45) is 0 Å².